The molecule has 0 aliphatic rings. The van der Waals surface area contributed by atoms with Crippen LogP contribution in [0.25, 0.3) is 0 Å². The number of aryl methyl sites for hydroxylation is 1. The Morgan fingerprint density at radius 3 is 2.19 bits per heavy atom. The average Bonchev–Trinajstić information content (AvgIpc) is 2.69. The summed E-state index contributed by atoms with van der Waals surface area (Å²) in [6, 6.07) is 18.7. The van der Waals surface area contributed by atoms with E-state index >= 15 is 0 Å². The molecule has 1 heterocycles. The molecule has 0 N–H and O–H groups in total. The smallest absolute Gasteiger partial charge is 0.244 e. The van der Waals surface area contributed by atoms with Gasteiger partial charge in [0.25, 0.3) is 0 Å². The van der Waals surface area contributed by atoms with Gasteiger partial charge >= 0.3 is 0 Å². The number of nitrogens with zero attached hydrogens (tertiary/aromatic N) is 2. The van der Waals surface area contributed by atoms with Gasteiger partial charge < -0.3 is 0 Å². The number of aromatic nitrogens is 1. The normalized spacial score (nSPS) is 11.7. The summed E-state index contributed by atoms with van der Waals surface area (Å²) in [6.07, 6.45) is 4.33. The van der Waals surface area contributed by atoms with Crippen molar-refractivity contribution in [2.24, 2.45) is 0 Å². The predicted octanol–water partition coefficient (Wildman–Crippen LogP) is 4.80. The van der Waals surface area contributed by atoms with Gasteiger partial charge in [-0.3, -0.25) is 4.98 Å². The van der Waals surface area contributed by atoms with Crippen LogP contribution in [0.1, 0.15) is 23.6 Å². The number of hydrogen-bond acceptors (Lipinski definition) is 3. The lowest BCUT2D eigenvalue weighted by Gasteiger charge is -2.23. The summed E-state index contributed by atoms with van der Waals surface area (Å²) in [5, 5.41) is 0. The van der Waals surface area contributed by atoms with Crippen LogP contribution < -0.4 is 0 Å². The van der Waals surface area contributed by atoms with Gasteiger partial charge in [-0.15, -0.1) is 0 Å². The van der Waals surface area contributed by atoms with Crippen LogP contribution in [-0.2, 0) is 29.5 Å². The quantitative estimate of drug-likeness (QED) is 0.525. The molecule has 2 aromatic carbocycles. The monoisotopic (exact) mass is 444 g/mol. The minimum atomic E-state index is -3.69. The highest BCUT2D eigenvalue weighted by Crippen LogP contribution is 2.27. The van der Waals surface area contributed by atoms with E-state index in [9.17, 15) is 8.42 Å². The zero-order valence-electron chi connectivity index (χ0n) is 15.0. The summed E-state index contributed by atoms with van der Waals surface area (Å²) in [5.74, 6) is 0. The standard InChI is InChI=1S/C21H21BrN2O2S/c1-2-17-9-11-18(12-10-17)15-24(16-19-6-5-13-23-14-19)27(25,26)21-8-4-3-7-20(21)22/h3-14H,2,15-16H2,1H3. The van der Waals surface area contributed by atoms with Crippen LogP contribution in [0.2, 0.25) is 0 Å². The Labute approximate surface area is 169 Å². The molecular weight excluding hydrogens is 424 g/mol. The summed E-state index contributed by atoms with van der Waals surface area (Å²) in [5.41, 5.74) is 3.02. The molecule has 27 heavy (non-hydrogen) atoms. The van der Waals surface area contributed by atoms with E-state index in [4.69, 9.17) is 0 Å². The Balaban J connectivity index is 1.97. The maximum Gasteiger partial charge on any atom is 0.244 e. The second-order valence-corrected chi connectivity index (χ2v) is 9.00. The number of halogens is 1. The molecule has 0 radical (unpaired) electrons. The average molecular weight is 445 g/mol. The molecule has 3 aromatic rings. The van der Waals surface area contributed by atoms with Crippen molar-refractivity contribution >= 4 is 26.0 Å². The van der Waals surface area contributed by atoms with Crippen molar-refractivity contribution in [2.75, 3.05) is 0 Å². The maximum atomic E-state index is 13.4. The summed E-state index contributed by atoms with van der Waals surface area (Å²) in [7, 11) is -3.69. The van der Waals surface area contributed by atoms with Crippen LogP contribution in [0.15, 0.2) is 82.4 Å². The Hall–Kier alpha value is -2.02. The third-order valence-corrected chi connectivity index (χ3v) is 7.13. The SMILES string of the molecule is CCc1ccc(CN(Cc2cccnc2)S(=O)(=O)c2ccccc2Br)cc1. The fourth-order valence-corrected chi connectivity index (χ4v) is 5.18. The number of rotatable bonds is 7. The van der Waals surface area contributed by atoms with E-state index in [1.165, 1.54) is 9.87 Å². The maximum absolute atomic E-state index is 13.4. The first-order chi connectivity index (χ1) is 13.0. The van der Waals surface area contributed by atoms with Crippen molar-refractivity contribution in [3.05, 3.63) is 94.2 Å². The molecule has 6 heteroatoms. The topological polar surface area (TPSA) is 50.3 Å². The molecule has 4 nitrogen and oxygen atoms in total. The van der Waals surface area contributed by atoms with Gasteiger partial charge in [0.05, 0.1) is 4.90 Å². The molecule has 0 bridgehead atoms. The number of pyridine rings is 1. The van der Waals surface area contributed by atoms with E-state index < -0.39 is 10.0 Å². The minimum Gasteiger partial charge on any atom is -0.264 e. The molecule has 0 amide bonds. The third kappa shape index (κ3) is 4.83. The molecule has 0 fully saturated rings. The van der Waals surface area contributed by atoms with E-state index in [1.807, 2.05) is 36.4 Å². The second kappa shape index (κ2) is 8.78. The van der Waals surface area contributed by atoms with Gasteiger partial charge in [0, 0.05) is 30.0 Å². The Morgan fingerprint density at radius 1 is 0.889 bits per heavy atom. The lowest BCUT2D eigenvalue weighted by molar-refractivity contribution is 0.400. The summed E-state index contributed by atoms with van der Waals surface area (Å²) < 4.78 is 28.8. The third-order valence-electron chi connectivity index (χ3n) is 4.33. The molecule has 0 spiro atoms. The number of hydrogen-bond donors (Lipinski definition) is 0. The summed E-state index contributed by atoms with van der Waals surface area (Å²) in [4.78, 5) is 4.37. The van der Waals surface area contributed by atoms with Gasteiger partial charge in [0.1, 0.15) is 0 Å². The van der Waals surface area contributed by atoms with Crippen molar-refractivity contribution in [3.8, 4) is 0 Å². The molecule has 0 aliphatic heterocycles. The van der Waals surface area contributed by atoms with Gasteiger partial charge in [-0.25, -0.2) is 8.42 Å². The highest BCUT2D eigenvalue weighted by molar-refractivity contribution is 9.10. The molecule has 0 saturated heterocycles. The fourth-order valence-electron chi connectivity index (χ4n) is 2.80. The predicted molar refractivity (Wildman–Crippen MR) is 111 cm³/mol. The van der Waals surface area contributed by atoms with E-state index in [-0.39, 0.29) is 11.4 Å². The minimum absolute atomic E-state index is 0.257. The lowest BCUT2D eigenvalue weighted by atomic mass is 10.1. The molecule has 0 atom stereocenters. The van der Waals surface area contributed by atoms with Crippen LogP contribution in [0.5, 0.6) is 0 Å². The first-order valence-electron chi connectivity index (χ1n) is 8.72. The summed E-state index contributed by atoms with van der Waals surface area (Å²) in [6.45, 7) is 2.65. The highest BCUT2D eigenvalue weighted by Gasteiger charge is 2.26. The Kier molecular flexibility index (Phi) is 6.42. The molecule has 140 valence electrons. The van der Waals surface area contributed by atoms with Gasteiger partial charge in [-0.1, -0.05) is 49.4 Å². The van der Waals surface area contributed by atoms with E-state index in [0.29, 0.717) is 11.0 Å². The van der Waals surface area contributed by atoms with Crippen molar-refractivity contribution < 1.29 is 8.42 Å². The highest BCUT2D eigenvalue weighted by atomic mass is 79.9. The first kappa shape index (κ1) is 19.7. The van der Waals surface area contributed by atoms with Crippen molar-refractivity contribution in [1.82, 2.24) is 9.29 Å². The zero-order valence-corrected chi connectivity index (χ0v) is 17.4. The van der Waals surface area contributed by atoms with Crippen LogP contribution in [0, 0.1) is 0 Å². The zero-order chi connectivity index (χ0) is 19.3. The van der Waals surface area contributed by atoms with Crippen molar-refractivity contribution in [2.45, 2.75) is 31.3 Å². The number of sulfonamides is 1. The van der Waals surface area contributed by atoms with Crippen LogP contribution in [-0.4, -0.2) is 17.7 Å². The lowest BCUT2D eigenvalue weighted by Crippen LogP contribution is -2.30. The Morgan fingerprint density at radius 2 is 1.56 bits per heavy atom. The fraction of sp³-hybridized carbons (Fsp3) is 0.190. The Bertz CT molecular complexity index is 990. The molecule has 0 saturated carbocycles. The van der Waals surface area contributed by atoms with Crippen molar-refractivity contribution in [1.29, 1.82) is 0 Å². The molecule has 3 rings (SSSR count). The molecule has 0 aliphatic carbocycles. The summed E-state index contributed by atoms with van der Waals surface area (Å²) >= 11 is 3.37. The van der Waals surface area contributed by atoms with E-state index in [2.05, 4.69) is 27.8 Å². The van der Waals surface area contributed by atoms with Crippen LogP contribution >= 0.6 is 15.9 Å². The molecule has 0 unspecified atom stereocenters. The number of benzene rings is 2. The van der Waals surface area contributed by atoms with Gasteiger partial charge in [0.15, 0.2) is 0 Å². The molecule has 1 aromatic heterocycles. The van der Waals surface area contributed by atoms with Crippen molar-refractivity contribution in [3.63, 3.8) is 0 Å². The largest absolute Gasteiger partial charge is 0.264 e. The van der Waals surface area contributed by atoms with E-state index in [1.54, 1.807) is 36.7 Å². The van der Waals surface area contributed by atoms with Gasteiger partial charge in [-0.2, -0.15) is 4.31 Å². The van der Waals surface area contributed by atoms with Crippen LogP contribution in [0.3, 0.4) is 0 Å². The van der Waals surface area contributed by atoms with Gasteiger partial charge in [-0.05, 0) is 57.2 Å². The van der Waals surface area contributed by atoms with Gasteiger partial charge in [0.2, 0.25) is 10.0 Å². The van der Waals surface area contributed by atoms with Crippen LogP contribution in [0.4, 0.5) is 0 Å². The first-order valence-corrected chi connectivity index (χ1v) is 11.0. The molecular formula is C21H21BrN2O2S. The second-order valence-electron chi connectivity index (χ2n) is 6.23. The van der Waals surface area contributed by atoms with E-state index in [0.717, 1.165) is 17.5 Å².